The molecule has 4 nitrogen and oxygen atoms in total. The second-order valence-corrected chi connectivity index (χ2v) is 7.41. The van der Waals surface area contributed by atoms with E-state index in [2.05, 4.69) is 4.72 Å². The molecule has 2 N–H and O–H groups in total. The molecule has 2 rings (SSSR count). The third kappa shape index (κ3) is 3.51. The van der Waals surface area contributed by atoms with Gasteiger partial charge in [0.1, 0.15) is 4.21 Å². The van der Waals surface area contributed by atoms with Crippen molar-refractivity contribution in [3.05, 3.63) is 17.5 Å². The monoisotopic (exact) mass is 275 g/mol. The van der Waals surface area contributed by atoms with Crippen molar-refractivity contribution in [2.24, 2.45) is 5.92 Å². The van der Waals surface area contributed by atoms with Crippen LogP contribution < -0.4 is 4.72 Å². The minimum atomic E-state index is -3.35. The number of nitrogens with one attached hydrogen (secondary N) is 1. The van der Waals surface area contributed by atoms with Crippen LogP contribution in [-0.2, 0) is 10.0 Å². The Bertz CT molecular complexity index is 441. The van der Waals surface area contributed by atoms with Gasteiger partial charge >= 0.3 is 0 Å². The highest BCUT2D eigenvalue weighted by molar-refractivity contribution is 7.91. The van der Waals surface area contributed by atoms with Crippen LogP contribution in [0.2, 0.25) is 0 Å². The van der Waals surface area contributed by atoms with Gasteiger partial charge in [0.15, 0.2) is 0 Å². The predicted molar refractivity (Wildman–Crippen MR) is 67.5 cm³/mol. The summed E-state index contributed by atoms with van der Waals surface area (Å²) >= 11 is 1.22. The Balaban J connectivity index is 1.89. The van der Waals surface area contributed by atoms with Crippen molar-refractivity contribution < 1.29 is 13.5 Å². The second kappa shape index (κ2) is 5.48. The summed E-state index contributed by atoms with van der Waals surface area (Å²) in [5.74, 6) is 0.258. The third-order valence-corrected chi connectivity index (χ3v) is 5.90. The molecule has 1 aliphatic rings. The summed E-state index contributed by atoms with van der Waals surface area (Å²) in [6.07, 6.45) is 3.25. The van der Waals surface area contributed by atoms with E-state index in [4.69, 9.17) is 0 Å². The zero-order chi connectivity index (χ0) is 12.3. The third-order valence-electron chi connectivity index (χ3n) is 3.08. The Hall–Kier alpha value is -0.430. The van der Waals surface area contributed by atoms with Gasteiger partial charge in [0.05, 0.1) is 6.10 Å². The van der Waals surface area contributed by atoms with Gasteiger partial charge in [-0.1, -0.05) is 12.5 Å². The van der Waals surface area contributed by atoms with Crippen LogP contribution in [0.25, 0.3) is 0 Å². The molecule has 1 aliphatic carbocycles. The van der Waals surface area contributed by atoms with E-state index in [1.54, 1.807) is 17.5 Å². The van der Waals surface area contributed by atoms with Crippen LogP contribution in [0.3, 0.4) is 0 Å². The van der Waals surface area contributed by atoms with E-state index < -0.39 is 10.0 Å². The topological polar surface area (TPSA) is 66.4 Å². The van der Waals surface area contributed by atoms with Gasteiger partial charge in [0.2, 0.25) is 10.0 Å². The van der Waals surface area contributed by atoms with Crippen LogP contribution in [0.15, 0.2) is 21.7 Å². The molecule has 17 heavy (non-hydrogen) atoms. The average molecular weight is 275 g/mol. The highest BCUT2D eigenvalue weighted by atomic mass is 32.2. The van der Waals surface area contributed by atoms with Crippen molar-refractivity contribution in [1.29, 1.82) is 0 Å². The summed E-state index contributed by atoms with van der Waals surface area (Å²) in [4.78, 5) is 0. The summed E-state index contributed by atoms with van der Waals surface area (Å²) in [6.45, 7) is 0.428. The van der Waals surface area contributed by atoms with Gasteiger partial charge in [-0.15, -0.1) is 11.3 Å². The summed E-state index contributed by atoms with van der Waals surface area (Å²) in [5, 5.41) is 11.3. The minimum absolute atomic E-state index is 0.258. The van der Waals surface area contributed by atoms with E-state index in [0.717, 1.165) is 19.3 Å². The fraction of sp³-hybridized carbons (Fsp3) is 0.636. The lowest BCUT2D eigenvalue weighted by Crippen LogP contribution is -2.32. The van der Waals surface area contributed by atoms with Crippen molar-refractivity contribution in [2.75, 3.05) is 6.54 Å². The lowest BCUT2D eigenvalue weighted by Gasteiger charge is -2.25. The maximum Gasteiger partial charge on any atom is 0.250 e. The molecule has 1 aromatic heterocycles. The van der Waals surface area contributed by atoms with Crippen molar-refractivity contribution >= 4 is 21.4 Å². The highest BCUT2D eigenvalue weighted by Crippen LogP contribution is 2.24. The first-order valence-electron chi connectivity index (χ1n) is 5.79. The molecule has 0 saturated heterocycles. The molecule has 0 amide bonds. The first-order valence-corrected chi connectivity index (χ1v) is 8.15. The van der Waals surface area contributed by atoms with E-state index in [1.807, 2.05) is 0 Å². The molecular weight excluding hydrogens is 258 g/mol. The second-order valence-electron chi connectivity index (χ2n) is 4.47. The number of thiophene rings is 1. The summed E-state index contributed by atoms with van der Waals surface area (Å²) in [5.41, 5.74) is 0. The van der Waals surface area contributed by atoms with Gasteiger partial charge in [0, 0.05) is 6.54 Å². The molecule has 96 valence electrons. The SMILES string of the molecule is O=S(=O)(NCC1CCCC(O)C1)c1cccs1. The van der Waals surface area contributed by atoms with Crippen LogP contribution in [0.1, 0.15) is 25.7 Å². The molecule has 1 aromatic rings. The van der Waals surface area contributed by atoms with Crippen LogP contribution in [0, 0.1) is 5.92 Å². The molecule has 0 spiro atoms. The van der Waals surface area contributed by atoms with Crippen LogP contribution in [-0.4, -0.2) is 26.2 Å². The Morgan fingerprint density at radius 3 is 2.94 bits per heavy atom. The van der Waals surface area contributed by atoms with E-state index in [0.29, 0.717) is 17.2 Å². The summed E-state index contributed by atoms with van der Waals surface area (Å²) < 4.78 is 26.7. The number of hydrogen-bond acceptors (Lipinski definition) is 4. The van der Waals surface area contributed by atoms with Crippen molar-refractivity contribution in [3.8, 4) is 0 Å². The molecule has 2 unspecified atom stereocenters. The molecule has 2 atom stereocenters. The lowest BCUT2D eigenvalue weighted by molar-refractivity contribution is 0.102. The molecule has 6 heteroatoms. The Morgan fingerprint density at radius 2 is 2.29 bits per heavy atom. The number of aliphatic hydroxyl groups is 1. The van der Waals surface area contributed by atoms with Gasteiger partial charge in [0.25, 0.3) is 0 Å². The van der Waals surface area contributed by atoms with E-state index in [9.17, 15) is 13.5 Å². The van der Waals surface area contributed by atoms with E-state index in [1.165, 1.54) is 11.3 Å². The van der Waals surface area contributed by atoms with Crippen LogP contribution >= 0.6 is 11.3 Å². The Morgan fingerprint density at radius 1 is 1.47 bits per heavy atom. The number of hydrogen-bond donors (Lipinski definition) is 2. The largest absolute Gasteiger partial charge is 0.393 e. The number of rotatable bonds is 4. The van der Waals surface area contributed by atoms with Crippen LogP contribution in [0.5, 0.6) is 0 Å². The minimum Gasteiger partial charge on any atom is -0.393 e. The average Bonchev–Trinajstić information content (AvgIpc) is 2.81. The van der Waals surface area contributed by atoms with E-state index >= 15 is 0 Å². The first kappa shape index (κ1) is 13.0. The zero-order valence-corrected chi connectivity index (χ0v) is 11.1. The Labute approximate surface area is 106 Å². The highest BCUT2D eigenvalue weighted by Gasteiger charge is 2.22. The normalized spacial score (nSPS) is 25.9. The summed E-state index contributed by atoms with van der Waals surface area (Å²) in [6, 6.07) is 3.33. The molecule has 1 fully saturated rings. The predicted octanol–water partition coefficient (Wildman–Crippen LogP) is 1.58. The number of aliphatic hydroxyl groups excluding tert-OH is 1. The molecule has 0 bridgehead atoms. The quantitative estimate of drug-likeness (QED) is 0.876. The van der Waals surface area contributed by atoms with Crippen LogP contribution in [0.4, 0.5) is 0 Å². The van der Waals surface area contributed by atoms with Crippen molar-refractivity contribution in [3.63, 3.8) is 0 Å². The van der Waals surface area contributed by atoms with Gasteiger partial charge in [-0.25, -0.2) is 13.1 Å². The van der Waals surface area contributed by atoms with Gasteiger partial charge in [-0.3, -0.25) is 0 Å². The molecular formula is C11H17NO3S2. The maximum absolute atomic E-state index is 11.9. The number of sulfonamides is 1. The summed E-state index contributed by atoms with van der Waals surface area (Å²) in [7, 11) is -3.35. The van der Waals surface area contributed by atoms with Gasteiger partial charge in [-0.05, 0) is 36.6 Å². The van der Waals surface area contributed by atoms with E-state index in [-0.39, 0.29) is 12.0 Å². The maximum atomic E-state index is 11.9. The zero-order valence-electron chi connectivity index (χ0n) is 9.50. The molecule has 1 saturated carbocycles. The smallest absolute Gasteiger partial charge is 0.250 e. The molecule has 1 heterocycles. The fourth-order valence-corrected chi connectivity index (χ4v) is 4.32. The molecule has 0 radical (unpaired) electrons. The Kier molecular flexibility index (Phi) is 4.19. The fourth-order valence-electron chi connectivity index (χ4n) is 2.16. The van der Waals surface area contributed by atoms with Gasteiger partial charge in [-0.2, -0.15) is 0 Å². The van der Waals surface area contributed by atoms with Gasteiger partial charge < -0.3 is 5.11 Å². The standard InChI is InChI=1S/C11H17NO3S2/c13-10-4-1-3-9(7-10)8-12-17(14,15)11-5-2-6-16-11/h2,5-6,9-10,12-13H,1,3-4,7-8H2. The van der Waals surface area contributed by atoms with Crippen molar-refractivity contribution in [1.82, 2.24) is 4.72 Å². The van der Waals surface area contributed by atoms with Crippen molar-refractivity contribution in [2.45, 2.75) is 36.0 Å². The molecule has 0 aromatic carbocycles. The lowest BCUT2D eigenvalue weighted by atomic mass is 9.87. The molecule has 0 aliphatic heterocycles. The first-order chi connectivity index (χ1) is 8.08.